The monoisotopic (exact) mass is 328 g/mol. The van der Waals surface area contributed by atoms with Crippen molar-refractivity contribution in [2.45, 2.75) is 20.3 Å². The van der Waals surface area contributed by atoms with Gasteiger partial charge in [-0.25, -0.2) is 4.98 Å². The number of hydrogen-bond acceptors (Lipinski definition) is 5. The number of rotatable bonds is 4. The molecule has 0 spiro atoms. The molecule has 0 aliphatic rings. The minimum Gasteiger partial charge on any atom is -0.451 e. The van der Waals surface area contributed by atoms with Gasteiger partial charge in [0.05, 0.1) is 11.1 Å². The molecule has 0 saturated carbocycles. The fourth-order valence-corrected chi connectivity index (χ4v) is 2.97. The zero-order chi connectivity index (χ0) is 16.4. The first kappa shape index (κ1) is 15.4. The summed E-state index contributed by atoms with van der Waals surface area (Å²) in [5.41, 5.74) is 1.10. The molecule has 0 unspecified atom stereocenters. The molecular weight excluding hydrogens is 312 g/mol. The number of benzene rings is 1. The molecule has 23 heavy (non-hydrogen) atoms. The Hall–Kier alpha value is -2.47. The minimum atomic E-state index is -0.474. The number of amides is 1. The highest BCUT2D eigenvalue weighted by atomic mass is 32.1. The van der Waals surface area contributed by atoms with Gasteiger partial charge in [0, 0.05) is 11.4 Å². The van der Waals surface area contributed by atoms with Gasteiger partial charge in [0.25, 0.3) is 5.91 Å². The molecule has 118 valence electrons. The molecule has 0 atom stereocenters. The molecule has 3 aromatic rings. The van der Waals surface area contributed by atoms with Crippen LogP contribution in [0.4, 0.5) is 5.13 Å². The number of carbonyl (C=O) groups excluding carboxylic acids is 1. The highest BCUT2D eigenvalue weighted by Crippen LogP contribution is 2.19. The molecule has 0 bridgehead atoms. The van der Waals surface area contributed by atoms with E-state index in [0.717, 1.165) is 12.1 Å². The molecule has 0 aliphatic heterocycles. The lowest BCUT2D eigenvalue weighted by atomic mass is 10.1. The van der Waals surface area contributed by atoms with Gasteiger partial charge in [-0.05, 0) is 24.5 Å². The third-order valence-corrected chi connectivity index (χ3v) is 4.05. The number of aromatic nitrogens is 1. The molecule has 1 amide bonds. The second kappa shape index (κ2) is 6.34. The topological polar surface area (TPSA) is 72.2 Å². The van der Waals surface area contributed by atoms with Gasteiger partial charge in [-0.1, -0.05) is 26.0 Å². The van der Waals surface area contributed by atoms with Crippen molar-refractivity contribution in [3.05, 3.63) is 57.4 Å². The lowest BCUT2D eigenvalue weighted by Crippen LogP contribution is -2.15. The molecule has 3 rings (SSSR count). The normalized spacial score (nSPS) is 11.1. The first-order chi connectivity index (χ1) is 11.0. The maximum Gasteiger partial charge on any atom is 0.293 e. The summed E-state index contributed by atoms with van der Waals surface area (Å²) in [7, 11) is 0. The van der Waals surface area contributed by atoms with Gasteiger partial charge in [0.15, 0.2) is 16.3 Å². The summed E-state index contributed by atoms with van der Waals surface area (Å²) in [5.74, 6) is 0.00627. The molecule has 0 saturated heterocycles. The van der Waals surface area contributed by atoms with Gasteiger partial charge < -0.3 is 4.42 Å². The van der Waals surface area contributed by atoms with Crippen LogP contribution in [0, 0.1) is 5.92 Å². The fourth-order valence-electron chi connectivity index (χ4n) is 2.25. The Balaban J connectivity index is 1.83. The van der Waals surface area contributed by atoms with Crippen LogP contribution < -0.4 is 10.7 Å². The zero-order valence-electron chi connectivity index (χ0n) is 12.8. The Kier molecular flexibility index (Phi) is 4.25. The van der Waals surface area contributed by atoms with E-state index in [2.05, 4.69) is 24.1 Å². The van der Waals surface area contributed by atoms with Crippen LogP contribution >= 0.6 is 11.3 Å². The molecule has 6 heteroatoms. The van der Waals surface area contributed by atoms with Crippen molar-refractivity contribution in [2.24, 2.45) is 5.92 Å². The summed E-state index contributed by atoms with van der Waals surface area (Å²) in [4.78, 5) is 28.7. The average molecular weight is 328 g/mol. The van der Waals surface area contributed by atoms with Gasteiger partial charge in [-0.15, -0.1) is 11.3 Å². The van der Waals surface area contributed by atoms with Crippen molar-refractivity contribution >= 4 is 33.3 Å². The second-order valence-electron chi connectivity index (χ2n) is 5.67. The summed E-state index contributed by atoms with van der Waals surface area (Å²) in [5, 5.41) is 5.56. The molecule has 1 aromatic carbocycles. The van der Waals surface area contributed by atoms with Gasteiger partial charge in [0.2, 0.25) is 0 Å². The predicted molar refractivity (Wildman–Crippen MR) is 91.1 cm³/mol. The minimum absolute atomic E-state index is 0.0192. The predicted octanol–water partition coefficient (Wildman–Crippen LogP) is 3.70. The van der Waals surface area contributed by atoms with E-state index >= 15 is 0 Å². The summed E-state index contributed by atoms with van der Waals surface area (Å²) in [6.07, 6.45) is 0.859. The van der Waals surface area contributed by atoms with Gasteiger partial charge in [-0.3, -0.25) is 14.9 Å². The quantitative estimate of drug-likeness (QED) is 0.792. The summed E-state index contributed by atoms with van der Waals surface area (Å²) >= 11 is 1.36. The van der Waals surface area contributed by atoms with E-state index in [0.29, 0.717) is 22.0 Å². The molecule has 0 aliphatic carbocycles. The highest BCUT2D eigenvalue weighted by molar-refractivity contribution is 7.13. The van der Waals surface area contributed by atoms with E-state index in [4.69, 9.17) is 4.42 Å². The number of carbonyl (C=O) groups is 1. The Bertz CT molecular complexity index is 911. The van der Waals surface area contributed by atoms with Gasteiger partial charge in [-0.2, -0.15) is 0 Å². The van der Waals surface area contributed by atoms with Crippen LogP contribution in [0.2, 0.25) is 0 Å². The average Bonchev–Trinajstić information content (AvgIpc) is 2.93. The SMILES string of the molecule is CC(C)Cc1csc(NC(=O)c2cc(=O)c3ccccc3o2)n1. The first-order valence-electron chi connectivity index (χ1n) is 7.31. The fraction of sp³-hybridized carbons (Fsp3) is 0.235. The van der Waals surface area contributed by atoms with E-state index < -0.39 is 5.91 Å². The second-order valence-corrected chi connectivity index (χ2v) is 6.53. The summed E-state index contributed by atoms with van der Waals surface area (Å²) < 4.78 is 5.51. The first-order valence-corrected chi connectivity index (χ1v) is 8.19. The van der Waals surface area contributed by atoms with Crippen LogP contribution in [-0.4, -0.2) is 10.9 Å². The van der Waals surface area contributed by atoms with E-state index in [1.807, 2.05) is 5.38 Å². The Labute approximate surface area is 137 Å². The summed E-state index contributed by atoms with van der Waals surface area (Å²) in [6.45, 7) is 4.22. The molecular formula is C17H16N2O3S. The number of para-hydroxylation sites is 1. The Morgan fingerprint density at radius 2 is 2.13 bits per heavy atom. The molecule has 2 heterocycles. The van der Waals surface area contributed by atoms with Crippen molar-refractivity contribution in [1.82, 2.24) is 4.98 Å². The van der Waals surface area contributed by atoms with Crippen molar-refractivity contribution in [2.75, 3.05) is 5.32 Å². The summed E-state index contributed by atoms with van der Waals surface area (Å²) in [6, 6.07) is 8.05. The third kappa shape index (κ3) is 3.48. The number of hydrogen-bond donors (Lipinski definition) is 1. The Morgan fingerprint density at radius 1 is 1.35 bits per heavy atom. The van der Waals surface area contributed by atoms with Gasteiger partial charge in [0.1, 0.15) is 5.58 Å². The van der Waals surface area contributed by atoms with Crippen molar-refractivity contribution in [3.63, 3.8) is 0 Å². The van der Waals surface area contributed by atoms with E-state index in [-0.39, 0.29) is 11.2 Å². The number of thiazole rings is 1. The number of nitrogens with one attached hydrogen (secondary N) is 1. The Morgan fingerprint density at radius 3 is 2.91 bits per heavy atom. The smallest absolute Gasteiger partial charge is 0.293 e. The van der Waals surface area contributed by atoms with E-state index in [9.17, 15) is 9.59 Å². The van der Waals surface area contributed by atoms with Crippen molar-refractivity contribution in [1.29, 1.82) is 0 Å². The number of anilines is 1. The lowest BCUT2D eigenvalue weighted by molar-refractivity contribution is 0.0997. The van der Waals surface area contributed by atoms with Crippen molar-refractivity contribution < 1.29 is 9.21 Å². The molecule has 5 nitrogen and oxygen atoms in total. The van der Waals surface area contributed by atoms with Crippen LogP contribution in [0.1, 0.15) is 30.1 Å². The zero-order valence-corrected chi connectivity index (χ0v) is 13.6. The highest BCUT2D eigenvalue weighted by Gasteiger charge is 2.14. The maximum absolute atomic E-state index is 12.3. The third-order valence-electron chi connectivity index (χ3n) is 3.25. The molecule has 1 N–H and O–H groups in total. The maximum atomic E-state index is 12.3. The number of fused-ring (bicyclic) bond motifs is 1. The van der Waals surface area contributed by atoms with Crippen LogP contribution in [0.15, 0.2) is 44.9 Å². The van der Waals surface area contributed by atoms with Crippen LogP contribution in [0.5, 0.6) is 0 Å². The molecule has 0 radical (unpaired) electrons. The van der Waals surface area contributed by atoms with E-state index in [1.54, 1.807) is 24.3 Å². The largest absolute Gasteiger partial charge is 0.451 e. The van der Waals surface area contributed by atoms with Gasteiger partial charge >= 0.3 is 0 Å². The molecule has 2 aromatic heterocycles. The molecule has 0 fully saturated rings. The van der Waals surface area contributed by atoms with Crippen molar-refractivity contribution in [3.8, 4) is 0 Å². The van der Waals surface area contributed by atoms with Crippen LogP contribution in [0.3, 0.4) is 0 Å². The van der Waals surface area contributed by atoms with E-state index in [1.165, 1.54) is 17.4 Å². The standard InChI is InChI=1S/C17H16N2O3S/c1-10(2)7-11-9-23-17(18-11)19-16(21)15-8-13(20)12-5-3-4-6-14(12)22-15/h3-6,8-10H,7H2,1-2H3,(H,18,19,21). The number of nitrogens with zero attached hydrogens (tertiary/aromatic N) is 1. The van der Waals surface area contributed by atoms with Crippen LogP contribution in [0.25, 0.3) is 11.0 Å². The lowest BCUT2D eigenvalue weighted by Gasteiger charge is -2.03. The van der Waals surface area contributed by atoms with Crippen LogP contribution in [-0.2, 0) is 6.42 Å².